The Kier molecular flexibility index (Phi) is 9.60. The third-order valence-electron chi connectivity index (χ3n) is 8.90. The Balaban J connectivity index is 0.00000204. The van der Waals surface area contributed by atoms with Gasteiger partial charge in [-0.05, 0) is 76.9 Å². The maximum absolute atomic E-state index is 13.1. The second kappa shape index (κ2) is 13.2. The number of hydrogen-bond acceptors (Lipinski definition) is 10. The van der Waals surface area contributed by atoms with Crippen molar-refractivity contribution < 1.29 is 38.1 Å². The summed E-state index contributed by atoms with van der Waals surface area (Å²) in [5, 5.41) is 26.2. The number of carbonyl (C=O) groups excluding carboxylic acids is 2. The van der Waals surface area contributed by atoms with Crippen LogP contribution in [0.5, 0.6) is 11.5 Å². The Bertz CT molecular complexity index is 1470. The van der Waals surface area contributed by atoms with E-state index in [4.69, 9.17) is 23.6 Å². The summed E-state index contributed by atoms with van der Waals surface area (Å²) in [6.45, 7) is 8.31. The molecule has 4 aliphatic rings. The number of likely N-dealkylation sites (tertiary alicyclic amines) is 2. The van der Waals surface area contributed by atoms with Gasteiger partial charge in [0.15, 0.2) is 0 Å². The molecule has 2 saturated heterocycles. The summed E-state index contributed by atoms with van der Waals surface area (Å²) >= 11 is 0. The zero-order chi connectivity index (χ0) is 33.4. The highest BCUT2D eigenvalue weighted by molar-refractivity contribution is 7.40. The van der Waals surface area contributed by atoms with E-state index in [0.717, 1.165) is 7.11 Å². The fourth-order valence-corrected chi connectivity index (χ4v) is 8.01. The van der Waals surface area contributed by atoms with Crippen LogP contribution in [0.3, 0.4) is 0 Å². The summed E-state index contributed by atoms with van der Waals surface area (Å²) in [5.74, 6) is 0.997. The lowest BCUT2D eigenvalue weighted by Crippen LogP contribution is -2.56. The van der Waals surface area contributed by atoms with Crippen molar-refractivity contribution in [3.63, 3.8) is 0 Å². The summed E-state index contributed by atoms with van der Waals surface area (Å²) in [6.07, 6.45) is 0.434. The molecule has 4 atom stereocenters. The van der Waals surface area contributed by atoms with E-state index in [1.165, 1.54) is 0 Å². The summed E-state index contributed by atoms with van der Waals surface area (Å²) in [5.41, 5.74) is 0.0924. The Morgan fingerprint density at radius 2 is 1.17 bits per heavy atom. The maximum Gasteiger partial charge on any atom is 0.330 e. The summed E-state index contributed by atoms with van der Waals surface area (Å²) in [4.78, 5) is 41.2. The molecule has 2 aromatic rings. The molecule has 0 aromatic heterocycles. The van der Waals surface area contributed by atoms with E-state index < -0.39 is 44.1 Å². The van der Waals surface area contributed by atoms with Crippen LogP contribution < -0.4 is 9.47 Å². The number of rotatable bonds is 6. The topological polar surface area (TPSA) is 166 Å². The van der Waals surface area contributed by atoms with Crippen molar-refractivity contribution in [2.24, 2.45) is 0 Å². The second-order valence-electron chi connectivity index (χ2n) is 12.7. The third kappa shape index (κ3) is 6.16. The van der Waals surface area contributed by atoms with Gasteiger partial charge in [0.05, 0.1) is 35.3 Å². The molecule has 2 amide bonds. The number of nitrogens with zero attached hydrogens (tertiary/aromatic N) is 4. The van der Waals surface area contributed by atoms with E-state index in [2.05, 4.69) is 12.1 Å². The molecule has 2 fully saturated rings. The number of amides is 2. The van der Waals surface area contributed by atoms with Crippen molar-refractivity contribution >= 4 is 20.4 Å². The van der Waals surface area contributed by atoms with Gasteiger partial charge in [0.2, 0.25) is 11.8 Å². The van der Waals surface area contributed by atoms with Crippen molar-refractivity contribution in [3.05, 3.63) is 58.7 Å². The van der Waals surface area contributed by atoms with Gasteiger partial charge in [-0.2, -0.15) is 10.5 Å². The summed E-state index contributed by atoms with van der Waals surface area (Å²) < 4.78 is 25.4. The number of fused-ring (bicyclic) bond motifs is 2. The Hall–Kier alpha value is -3.77. The predicted molar refractivity (Wildman–Crippen MR) is 166 cm³/mol. The molecule has 4 unspecified atom stereocenters. The minimum absolute atomic E-state index is 0.0443. The molecule has 0 spiro atoms. The lowest BCUT2D eigenvalue weighted by atomic mass is 9.85. The van der Waals surface area contributed by atoms with Gasteiger partial charge in [-0.15, -0.1) is 0 Å². The number of aliphatic hydroxyl groups excluding tert-OH is 1. The molecule has 0 bridgehead atoms. The molecule has 12 nitrogen and oxygen atoms in total. The molecule has 0 radical (unpaired) electrons. The van der Waals surface area contributed by atoms with Crippen LogP contribution >= 0.6 is 8.60 Å². The number of hydrogen-bond donors (Lipinski definition) is 2. The maximum atomic E-state index is 13.1. The van der Waals surface area contributed by atoms with Gasteiger partial charge in [-0.1, -0.05) is 0 Å². The molecule has 2 aromatic carbocycles. The van der Waals surface area contributed by atoms with Crippen LogP contribution in [0.15, 0.2) is 36.4 Å². The van der Waals surface area contributed by atoms with Crippen molar-refractivity contribution in [1.82, 2.24) is 9.80 Å². The van der Waals surface area contributed by atoms with Crippen LogP contribution in [0, 0.1) is 22.7 Å². The minimum atomic E-state index is -2.62. The van der Waals surface area contributed by atoms with Gasteiger partial charge >= 0.3 is 8.60 Å². The van der Waals surface area contributed by atoms with E-state index in [0.29, 0.717) is 72.5 Å². The first-order valence-electron chi connectivity index (χ1n) is 15.3. The monoisotopic (exact) mass is 650 g/mol. The lowest BCUT2D eigenvalue weighted by Gasteiger charge is -2.49. The number of aliphatic hydroxyl groups is 1. The Labute approximate surface area is 270 Å². The van der Waals surface area contributed by atoms with Crippen LogP contribution in [-0.4, -0.2) is 75.2 Å². The molecular formula is C33H39N4O8P. The van der Waals surface area contributed by atoms with E-state index in [9.17, 15) is 25.0 Å². The number of carbonyl (C=O) groups is 2. The highest BCUT2D eigenvalue weighted by atomic mass is 31.2. The van der Waals surface area contributed by atoms with Crippen LogP contribution in [0.4, 0.5) is 0 Å². The molecule has 0 saturated carbocycles. The molecule has 2 N–H and O–H groups in total. The zero-order valence-electron chi connectivity index (χ0n) is 26.6. The smallest absolute Gasteiger partial charge is 0.330 e. The van der Waals surface area contributed by atoms with Gasteiger partial charge in [-0.3, -0.25) is 9.59 Å². The predicted octanol–water partition coefficient (Wildman–Crippen LogP) is 4.40. The largest absolute Gasteiger partial charge is 0.485 e. The number of ether oxygens (including phenoxy) is 2. The van der Waals surface area contributed by atoms with E-state index >= 15 is 0 Å². The fraction of sp³-hybridized carbons (Fsp3) is 0.515. The molecule has 4 aliphatic heterocycles. The van der Waals surface area contributed by atoms with Crippen molar-refractivity contribution in [2.45, 2.75) is 88.9 Å². The molecule has 46 heavy (non-hydrogen) atoms. The summed E-state index contributed by atoms with van der Waals surface area (Å²) in [7, 11) is -1.62. The van der Waals surface area contributed by atoms with Crippen molar-refractivity contribution in [2.75, 3.05) is 20.2 Å². The van der Waals surface area contributed by atoms with Gasteiger partial charge in [0.1, 0.15) is 34.9 Å². The molecular weight excluding hydrogens is 611 g/mol. The van der Waals surface area contributed by atoms with Crippen LogP contribution in [0.2, 0.25) is 0 Å². The molecule has 0 aliphatic carbocycles. The second-order valence-corrected chi connectivity index (χ2v) is 13.6. The van der Waals surface area contributed by atoms with Gasteiger partial charge in [0, 0.05) is 44.2 Å². The molecule has 244 valence electrons. The highest BCUT2D eigenvalue weighted by Gasteiger charge is 2.54. The zero-order valence-corrected chi connectivity index (χ0v) is 27.5. The van der Waals surface area contributed by atoms with E-state index in [-0.39, 0.29) is 11.8 Å². The third-order valence-corrected chi connectivity index (χ3v) is 9.72. The standard InChI is InChI=1S/C32H35N4O7P.CH4O/c1-31(2)29(27(35-13-5-7-25(35)37)21-15-19(17-33)9-11-23(21)40-31)42-44(39)43-30-28(36-14-6-8-26(36)38)22-16-20(18-34)10-12-24(22)41-32(30,3)4;1-2/h9-12,15-16,27-30,39H,5-8,13-14H2,1-4H3;2H,1H3. The van der Waals surface area contributed by atoms with Crippen LogP contribution in [-0.2, 0) is 18.6 Å². The first-order valence-corrected chi connectivity index (χ1v) is 16.4. The van der Waals surface area contributed by atoms with Crippen LogP contribution in [0.1, 0.15) is 87.7 Å². The van der Waals surface area contributed by atoms with Gasteiger partial charge in [0.25, 0.3) is 0 Å². The average Bonchev–Trinajstić information content (AvgIpc) is 3.65. The van der Waals surface area contributed by atoms with Crippen molar-refractivity contribution in [3.8, 4) is 23.6 Å². The fourth-order valence-electron chi connectivity index (χ4n) is 6.83. The van der Waals surface area contributed by atoms with Gasteiger partial charge in [-0.25, -0.2) is 0 Å². The molecule has 13 heteroatoms. The molecule has 4 heterocycles. The van der Waals surface area contributed by atoms with E-state index in [1.54, 1.807) is 46.2 Å². The number of nitriles is 2. The first-order chi connectivity index (χ1) is 21.9. The normalized spacial score (nSPS) is 26.4. The Morgan fingerprint density at radius 3 is 1.50 bits per heavy atom. The van der Waals surface area contributed by atoms with Crippen molar-refractivity contribution in [1.29, 1.82) is 10.5 Å². The van der Waals surface area contributed by atoms with Crippen LogP contribution in [0.25, 0.3) is 0 Å². The Morgan fingerprint density at radius 1 is 0.783 bits per heavy atom. The minimum Gasteiger partial charge on any atom is -0.485 e. The lowest BCUT2D eigenvalue weighted by molar-refractivity contribution is -0.142. The SMILES string of the molecule is CC1(C)Oc2ccc(C#N)cc2C(N2CCCC2=O)C1OP(O)OC1C(N2CCCC2=O)c2cc(C#N)ccc2OC1(C)C.CO. The number of benzene rings is 2. The molecule has 6 rings (SSSR count). The quantitative estimate of drug-likeness (QED) is 0.428. The summed E-state index contributed by atoms with van der Waals surface area (Å²) in [6, 6.07) is 13.2. The first kappa shape index (κ1) is 33.6. The average molecular weight is 651 g/mol. The van der Waals surface area contributed by atoms with E-state index in [1.807, 2.05) is 27.7 Å². The highest BCUT2D eigenvalue weighted by Crippen LogP contribution is 2.54. The van der Waals surface area contributed by atoms with Gasteiger partial charge < -0.3 is 38.3 Å².